The lowest BCUT2D eigenvalue weighted by molar-refractivity contribution is -0.144. The summed E-state index contributed by atoms with van der Waals surface area (Å²) in [5, 5.41) is 40.5. The van der Waals surface area contributed by atoms with Crippen LogP contribution in [0.1, 0.15) is 25.7 Å². The van der Waals surface area contributed by atoms with E-state index in [9.17, 15) is 29.1 Å². The third kappa shape index (κ3) is 6.96. The molecule has 0 spiro atoms. The van der Waals surface area contributed by atoms with Crippen molar-refractivity contribution in [3.05, 3.63) is 0 Å². The van der Waals surface area contributed by atoms with Crippen molar-refractivity contribution in [2.45, 2.75) is 49.9 Å². The van der Waals surface area contributed by atoms with Crippen molar-refractivity contribution in [3.63, 3.8) is 0 Å². The third-order valence-electron chi connectivity index (χ3n) is 4.43. The van der Waals surface area contributed by atoms with Gasteiger partial charge in [-0.05, 0) is 19.3 Å². The van der Waals surface area contributed by atoms with Crippen LogP contribution in [0, 0.1) is 0 Å². The van der Waals surface area contributed by atoms with Crippen LogP contribution in [-0.2, 0) is 24.0 Å². The Morgan fingerprint density at radius 2 is 1.69 bits per heavy atom. The number of hydrogen-bond donors (Lipinski definition) is 7. The van der Waals surface area contributed by atoms with Crippen LogP contribution in [0.3, 0.4) is 0 Å². The quantitative estimate of drug-likeness (QED) is 0.173. The second-order valence-corrected chi connectivity index (χ2v) is 6.55. The van der Waals surface area contributed by atoms with Crippen molar-refractivity contribution < 1.29 is 44.4 Å². The molecule has 0 saturated carbocycles. The van der Waals surface area contributed by atoms with Gasteiger partial charge in [0.2, 0.25) is 17.7 Å². The van der Waals surface area contributed by atoms with E-state index in [1.807, 2.05) is 0 Å². The van der Waals surface area contributed by atoms with Gasteiger partial charge in [0.05, 0.1) is 13.2 Å². The van der Waals surface area contributed by atoms with Crippen LogP contribution >= 0.6 is 0 Å². The molecular formula is C16H26N4O9. The maximum atomic E-state index is 12.5. The number of aliphatic hydroxyl groups is 2. The highest BCUT2D eigenvalue weighted by atomic mass is 16.4. The largest absolute Gasteiger partial charge is 0.481 e. The first-order valence-corrected chi connectivity index (χ1v) is 8.95. The fourth-order valence-corrected chi connectivity index (χ4v) is 2.85. The number of aliphatic hydroxyl groups excluding tert-OH is 2. The van der Waals surface area contributed by atoms with Crippen LogP contribution in [0.2, 0.25) is 0 Å². The van der Waals surface area contributed by atoms with Crippen LogP contribution in [-0.4, -0.2) is 98.9 Å². The molecule has 0 bridgehead atoms. The topological polar surface area (TPSA) is 220 Å². The minimum Gasteiger partial charge on any atom is -0.481 e. The van der Waals surface area contributed by atoms with Gasteiger partial charge in [0, 0.05) is 13.0 Å². The van der Waals surface area contributed by atoms with E-state index in [0.29, 0.717) is 6.42 Å². The van der Waals surface area contributed by atoms with Crippen molar-refractivity contribution in [3.8, 4) is 0 Å². The molecule has 4 unspecified atom stereocenters. The summed E-state index contributed by atoms with van der Waals surface area (Å²) < 4.78 is 0. The molecule has 8 N–H and O–H groups in total. The number of amides is 3. The molecule has 1 aliphatic heterocycles. The van der Waals surface area contributed by atoms with Gasteiger partial charge >= 0.3 is 11.9 Å². The highest BCUT2D eigenvalue weighted by molar-refractivity contribution is 5.94. The van der Waals surface area contributed by atoms with Crippen molar-refractivity contribution in [2.24, 2.45) is 5.73 Å². The molecule has 0 aliphatic carbocycles. The van der Waals surface area contributed by atoms with Crippen LogP contribution in [0.25, 0.3) is 0 Å². The monoisotopic (exact) mass is 418 g/mol. The smallest absolute Gasteiger partial charge is 0.326 e. The number of carbonyl (C=O) groups is 5. The third-order valence-corrected chi connectivity index (χ3v) is 4.43. The van der Waals surface area contributed by atoms with E-state index in [2.05, 4.69) is 10.6 Å². The summed E-state index contributed by atoms with van der Waals surface area (Å²) in [6, 6.07) is -5.16. The fraction of sp³-hybridized carbons (Fsp3) is 0.688. The van der Waals surface area contributed by atoms with Gasteiger partial charge in [-0.15, -0.1) is 0 Å². The van der Waals surface area contributed by atoms with Crippen LogP contribution in [0.15, 0.2) is 0 Å². The molecule has 1 heterocycles. The van der Waals surface area contributed by atoms with E-state index in [1.165, 1.54) is 4.90 Å². The van der Waals surface area contributed by atoms with Gasteiger partial charge in [-0.25, -0.2) is 4.79 Å². The predicted octanol–water partition coefficient (Wildman–Crippen LogP) is -3.79. The van der Waals surface area contributed by atoms with Crippen molar-refractivity contribution in [1.29, 1.82) is 0 Å². The summed E-state index contributed by atoms with van der Waals surface area (Å²) in [5.41, 5.74) is 5.49. The number of aliphatic carboxylic acids is 2. The summed E-state index contributed by atoms with van der Waals surface area (Å²) in [5.74, 6) is -5.10. The lowest BCUT2D eigenvalue weighted by Crippen LogP contribution is -2.57. The lowest BCUT2D eigenvalue weighted by atomic mass is 10.1. The number of carboxylic acids is 2. The Kier molecular flexibility index (Phi) is 9.44. The number of nitrogens with zero attached hydrogens (tertiary/aromatic N) is 1. The molecule has 4 atom stereocenters. The summed E-state index contributed by atoms with van der Waals surface area (Å²) in [6.45, 7) is -1.21. The molecule has 1 fully saturated rings. The van der Waals surface area contributed by atoms with Crippen LogP contribution in [0.5, 0.6) is 0 Å². The van der Waals surface area contributed by atoms with E-state index < -0.39 is 73.5 Å². The minimum atomic E-state index is -1.52. The average molecular weight is 418 g/mol. The first-order valence-electron chi connectivity index (χ1n) is 8.95. The Bertz CT molecular complexity index is 642. The van der Waals surface area contributed by atoms with Crippen molar-refractivity contribution in [2.75, 3.05) is 19.8 Å². The van der Waals surface area contributed by atoms with Gasteiger partial charge in [0.1, 0.15) is 24.2 Å². The minimum absolute atomic E-state index is 0.233. The number of hydrogen-bond acceptors (Lipinski definition) is 8. The molecule has 13 nitrogen and oxygen atoms in total. The molecule has 13 heteroatoms. The second-order valence-electron chi connectivity index (χ2n) is 6.55. The number of nitrogens with one attached hydrogen (secondary N) is 2. The second kappa shape index (κ2) is 11.3. The zero-order valence-corrected chi connectivity index (χ0v) is 15.6. The van der Waals surface area contributed by atoms with Gasteiger partial charge in [0.25, 0.3) is 0 Å². The number of likely N-dealkylation sites (tertiary alicyclic amines) is 1. The van der Waals surface area contributed by atoms with Crippen molar-refractivity contribution >= 4 is 29.7 Å². The normalized spacial score (nSPS) is 19.1. The van der Waals surface area contributed by atoms with E-state index in [0.717, 1.165) is 0 Å². The fourth-order valence-electron chi connectivity index (χ4n) is 2.85. The molecule has 0 radical (unpaired) electrons. The Balaban J connectivity index is 2.76. The zero-order chi connectivity index (χ0) is 22.1. The highest BCUT2D eigenvalue weighted by Crippen LogP contribution is 2.18. The number of rotatable bonds is 11. The standard InChI is InChI=1S/C16H26N4O9/c17-8(6-21)15(27)20-5-1-2-11(20)14(26)19-10(7-22)13(25)18-9(16(28)29)3-4-12(23)24/h8-11,21-22H,1-7,17H2,(H,18,25)(H,19,26)(H,23,24)(H,28,29). The molecule has 3 amide bonds. The lowest BCUT2D eigenvalue weighted by Gasteiger charge is -2.27. The molecule has 29 heavy (non-hydrogen) atoms. The summed E-state index contributed by atoms with van der Waals surface area (Å²) >= 11 is 0. The summed E-state index contributed by atoms with van der Waals surface area (Å²) in [6.07, 6.45) is -0.107. The van der Waals surface area contributed by atoms with E-state index in [-0.39, 0.29) is 19.4 Å². The van der Waals surface area contributed by atoms with Crippen molar-refractivity contribution in [1.82, 2.24) is 15.5 Å². The van der Waals surface area contributed by atoms with Crippen LogP contribution in [0.4, 0.5) is 0 Å². The molecule has 1 aliphatic rings. The Labute approximate surface area is 165 Å². The first kappa shape index (κ1) is 24.3. The average Bonchev–Trinajstić information content (AvgIpc) is 3.17. The molecule has 164 valence electrons. The Morgan fingerprint density at radius 3 is 2.21 bits per heavy atom. The summed E-state index contributed by atoms with van der Waals surface area (Å²) in [7, 11) is 0. The zero-order valence-electron chi connectivity index (χ0n) is 15.6. The van der Waals surface area contributed by atoms with Gasteiger partial charge in [-0.3, -0.25) is 19.2 Å². The highest BCUT2D eigenvalue weighted by Gasteiger charge is 2.37. The van der Waals surface area contributed by atoms with Crippen LogP contribution < -0.4 is 16.4 Å². The molecular weight excluding hydrogens is 392 g/mol. The molecule has 1 saturated heterocycles. The molecule has 0 aromatic rings. The molecule has 1 rings (SSSR count). The summed E-state index contributed by atoms with van der Waals surface area (Å²) in [4.78, 5) is 59.8. The van der Waals surface area contributed by atoms with Gasteiger partial charge in [0.15, 0.2) is 0 Å². The Hall–Kier alpha value is -2.77. The maximum Gasteiger partial charge on any atom is 0.326 e. The van der Waals surface area contributed by atoms with Gasteiger partial charge in [-0.2, -0.15) is 0 Å². The Morgan fingerprint density at radius 1 is 1.03 bits per heavy atom. The van der Waals surface area contributed by atoms with E-state index >= 15 is 0 Å². The number of carboxylic acid groups (broad SMARTS) is 2. The van der Waals surface area contributed by atoms with Gasteiger partial charge in [-0.1, -0.05) is 0 Å². The van der Waals surface area contributed by atoms with E-state index in [1.54, 1.807) is 0 Å². The predicted molar refractivity (Wildman–Crippen MR) is 95.2 cm³/mol. The number of carbonyl (C=O) groups excluding carboxylic acids is 3. The molecule has 0 aromatic carbocycles. The number of nitrogens with two attached hydrogens (primary N) is 1. The molecule has 0 aromatic heterocycles. The van der Waals surface area contributed by atoms with E-state index in [4.69, 9.17) is 21.1 Å². The van der Waals surface area contributed by atoms with Gasteiger partial charge < -0.3 is 41.7 Å². The first-order chi connectivity index (χ1) is 13.6. The maximum absolute atomic E-state index is 12.5. The SMILES string of the molecule is NC(CO)C(=O)N1CCCC1C(=O)NC(CO)C(=O)NC(CCC(=O)O)C(=O)O.